The SMILES string of the molecule is CCCCCCCCCCCCCCCCCC(=O)OC[C@H](COC(=O)CCCCCCCCCC(C)C)OC(=O)CCCCCCCCCCCCCCCCC. The van der Waals surface area contributed by atoms with Crippen LogP contribution in [-0.4, -0.2) is 37.2 Å². The molecule has 0 aromatic rings. The Morgan fingerprint density at radius 3 is 0.845 bits per heavy atom. The highest BCUT2D eigenvalue weighted by molar-refractivity contribution is 5.71. The predicted molar refractivity (Wildman–Crippen MR) is 247 cm³/mol. The summed E-state index contributed by atoms with van der Waals surface area (Å²) in [6, 6.07) is 0. The summed E-state index contributed by atoms with van der Waals surface area (Å²) in [5.41, 5.74) is 0. The first kappa shape index (κ1) is 56.4. The van der Waals surface area contributed by atoms with E-state index in [0.717, 1.165) is 63.7 Å². The summed E-state index contributed by atoms with van der Waals surface area (Å²) in [6.45, 7) is 8.98. The topological polar surface area (TPSA) is 78.9 Å². The van der Waals surface area contributed by atoms with E-state index >= 15 is 0 Å². The summed E-state index contributed by atoms with van der Waals surface area (Å²) in [6.07, 6.45) is 48.1. The first-order valence-corrected chi connectivity index (χ1v) is 25.9. The summed E-state index contributed by atoms with van der Waals surface area (Å²) >= 11 is 0. The van der Waals surface area contributed by atoms with Gasteiger partial charge in [-0.3, -0.25) is 14.4 Å². The lowest BCUT2D eigenvalue weighted by Crippen LogP contribution is -2.30. The highest BCUT2D eigenvalue weighted by Crippen LogP contribution is 2.17. The van der Waals surface area contributed by atoms with Crippen molar-refractivity contribution in [3.63, 3.8) is 0 Å². The van der Waals surface area contributed by atoms with Gasteiger partial charge in [-0.1, -0.05) is 252 Å². The Hall–Kier alpha value is -1.59. The predicted octanol–water partition coefficient (Wildman–Crippen LogP) is 16.7. The Morgan fingerprint density at radius 2 is 0.569 bits per heavy atom. The second-order valence-corrected chi connectivity index (χ2v) is 18.3. The molecule has 6 heteroatoms. The highest BCUT2D eigenvalue weighted by Gasteiger charge is 2.19. The van der Waals surface area contributed by atoms with Gasteiger partial charge in [0, 0.05) is 19.3 Å². The monoisotopic (exact) mass is 821 g/mol. The first-order chi connectivity index (χ1) is 28.4. The van der Waals surface area contributed by atoms with E-state index in [1.807, 2.05) is 0 Å². The molecular formula is C52H100O6. The Labute approximate surface area is 361 Å². The molecule has 0 aliphatic rings. The lowest BCUT2D eigenvalue weighted by Gasteiger charge is -2.18. The van der Waals surface area contributed by atoms with Gasteiger partial charge in [-0.25, -0.2) is 0 Å². The molecule has 0 saturated heterocycles. The smallest absolute Gasteiger partial charge is 0.306 e. The Balaban J connectivity index is 4.29. The van der Waals surface area contributed by atoms with Gasteiger partial charge in [0.15, 0.2) is 6.10 Å². The van der Waals surface area contributed by atoms with Crippen LogP contribution in [0.2, 0.25) is 0 Å². The van der Waals surface area contributed by atoms with Crippen molar-refractivity contribution in [3.05, 3.63) is 0 Å². The fourth-order valence-corrected chi connectivity index (χ4v) is 7.86. The second-order valence-electron chi connectivity index (χ2n) is 18.3. The normalized spacial score (nSPS) is 11.9. The number of hydrogen-bond donors (Lipinski definition) is 0. The van der Waals surface area contributed by atoms with Crippen LogP contribution in [0.1, 0.15) is 291 Å². The van der Waals surface area contributed by atoms with Gasteiger partial charge in [-0.05, 0) is 25.2 Å². The van der Waals surface area contributed by atoms with E-state index in [9.17, 15) is 14.4 Å². The molecule has 0 saturated carbocycles. The largest absolute Gasteiger partial charge is 0.462 e. The third-order valence-corrected chi connectivity index (χ3v) is 11.8. The number of carbonyl (C=O) groups excluding carboxylic acids is 3. The number of hydrogen-bond acceptors (Lipinski definition) is 6. The van der Waals surface area contributed by atoms with Crippen LogP contribution in [0.4, 0.5) is 0 Å². The van der Waals surface area contributed by atoms with Crippen molar-refractivity contribution < 1.29 is 28.6 Å². The molecule has 0 spiro atoms. The minimum atomic E-state index is -0.761. The average Bonchev–Trinajstić information content (AvgIpc) is 3.21. The number of ether oxygens (including phenoxy) is 3. The number of unbranched alkanes of at least 4 members (excludes halogenated alkanes) is 34. The summed E-state index contributed by atoms with van der Waals surface area (Å²) in [5.74, 6) is -0.0653. The zero-order chi connectivity index (χ0) is 42.4. The number of carbonyl (C=O) groups is 3. The molecule has 0 rings (SSSR count). The van der Waals surface area contributed by atoms with Crippen LogP contribution in [0.3, 0.4) is 0 Å². The fourth-order valence-electron chi connectivity index (χ4n) is 7.86. The highest BCUT2D eigenvalue weighted by atomic mass is 16.6. The molecule has 0 aromatic carbocycles. The zero-order valence-corrected chi connectivity index (χ0v) is 39.5. The van der Waals surface area contributed by atoms with Crippen LogP contribution < -0.4 is 0 Å². The van der Waals surface area contributed by atoms with Crippen LogP contribution in [-0.2, 0) is 28.6 Å². The molecule has 0 N–H and O–H groups in total. The molecule has 344 valence electrons. The van der Waals surface area contributed by atoms with E-state index in [0.29, 0.717) is 19.3 Å². The molecule has 0 aliphatic carbocycles. The molecule has 1 atom stereocenters. The molecule has 0 fully saturated rings. The summed E-state index contributed by atoms with van der Waals surface area (Å²) in [7, 11) is 0. The molecule has 0 aromatic heterocycles. The van der Waals surface area contributed by atoms with Crippen molar-refractivity contribution in [2.45, 2.75) is 297 Å². The maximum atomic E-state index is 12.8. The standard InChI is InChI=1S/C52H100O6/c1-5-7-9-11-13-15-17-19-21-23-25-27-31-35-39-43-50(53)56-46-49(47-57-51(54)44-40-36-33-29-30-34-38-42-48(3)4)58-52(55)45-41-37-32-28-26-24-22-20-18-16-14-12-10-8-6-2/h48-49H,5-47H2,1-4H3/t49-/m1/s1. The van der Waals surface area contributed by atoms with Gasteiger partial charge < -0.3 is 14.2 Å². The fraction of sp³-hybridized carbons (Fsp3) is 0.942. The second kappa shape index (κ2) is 46.5. The van der Waals surface area contributed by atoms with Crippen molar-refractivity contribution in [3.8, 4) is 0 Å². The van der Waals surface area contributed by atoms with Crippen LogP contribution >= 0.6 is 0 Å². The summed E-state index contributed by atoms with van der Waals surface area (Å²) in [5, 5.41) is 0. The first-order valence-electron chi connectivity index (χ1n) is 25.9. The third-order valence-electron chi connectivity index (χ3n) is 11.8. The van der Waals surface area contributed by atoms with Crippen molar-refractivity contribution >= 4 is 17.9 Å². The Bertz CT molecular complexity index is 872. The van der Waals surface area contributed by atoms with E-state index < -0.39 is 6.10 Å². The molecule has 0 amide bonds. The minimum Gasteiger partial charge on any atom is -0.462 e. The third kappa shape index (κ3) is 45.5. The molecule has 0 heterocycles. The molecule has 0 unspecified atom stereocenters. The van der Waals surface area contributed by atoms with E-state index in [-0.39, 0.29) is 31.1 Å². The van der Waals surface area contributed by atoms with Crippen LogP contribution in [0.15, 0.2) is 0 Å². The Morgan fingerprint density at radius 1 is 0.328 bits per heavy atom. The van der Waals surface area contributed by atoms with E-state index in [4.69, 9.17) is 14.2 Å². The van der Waals surface area contributed by atoms with E-state index in [1.165, 1.54) is 186 Å². The quantitative estimate of drug-likeness (QED) is 0.0346. The number of esters is 3. The molecule has 6 nitrogen and oxygen atoms in total. The van der Waals surface area contributed by atoms with Gasteiger partial charge in [0.25, 0.3) is 0 Å². The van der Waals surface area contributed by atoms with Gasteiger partial charge in [0.1, 0.15) is 13.2 Å². The van der Waals surface area contributed by atoms with Crippen molar-refractivity contribution in [1.29, 1.82) is 0 Å². The summed E-state index contributed by atoms with van der Waals surface area (Å²) in [4.78, 5) is 37.9. The average molecular weight is 821 g/mol. The molecule has 0 aliphatic heterocycles. The maximum Gasteiger partial charge on any atom is 0.306 e. The Kier molecular flexibility index (Phi) is 45.2. The minimum absolute atomic E-state index is 0.0632. The van der Waals surface area contributed by atoms with E-state index in [1.54, 1.807) is 0 Å². The van der Waals surface area contributed by atoms with E-state index in [2.05, 4.69) is 27.7 Å². The molecule has 58 heavy (non-hydrogen) atoms. The summed E-state index contributed by atoms with van der Waals surface area (Å²) < 4.78 is 16.8. The van der Waals surface area contributed by atoms with Gasteiger partial charge in [-0.15, -0.1) is 0 Å². The van der Waals surface area contributed by atoms with Crippen molar-refractivity contribution in [2.75, 3.05) is 13.2 Å². The van der Waals surface area contributed by atoms with Crippen LogP contribution in [0, 0.1) is 5.92 Å². The van der Waals surface area contributed by atoms with Crippen molar-refractivity contribution in [2.24, 2.45) is 5.92 Å². The maximum absolute atomic E-state index is 12.8. The van der Waals surface area contributed by atoms with Crippen molar-refractivity contribution in [1.82, 2.24) is 0 Å². The lowest BCUT2D eigenvalue weighted by molar-refractivity contribution is -0.167. The molecule has 0 bridgehead atoms. The van der Waals surface area contributed by atoms with Gasteiger partial charge in [0.2, 0.25) is 0 Å². The van der Waals surface area contributed by atoms with Crippen LogP contribution in [0.5, 0.6) is 0 Å². The number of rotatable bonds is 47. The van der Waals surface area contributed by atoms with Crippen LogP contribution in [0.25, 0.3) is 0 Å². The zero-order valence-electron chi connectivity index (χ0n) is 39.5. The van der Waals surface area contributed by atoms with Gasteiger partial charge in [0.05, 0.1) is 0 Å². The van der Waals surface area contributed by atoms with Gasteiger partial charge in [-0.2, -0.15) is 0 Å². The molecule has 0 radical (unpaired) electrons. The van der Waals surface area contributed by atoms with Gasteiger partial charge >= 0.3 is 17.9 Å². The lowest BCUT2D eigenvalue weighted by atomic mass is 10.0. The molecular weight excluding hydrogens is 721 g/mol.